The van der Waals surface area contributed by atoms with Gasteiger partial charge in [0, 0.05) is 36.9 Å². The topological polar surface area (TPSA) is 49.2 Å². The first kappa shape index (κ1) is 11.9. The molecule has 0 aromatic carbocycles. The predicted octanol–water partition coefficient (Wildman–Crippen LogP) is 1.48. The molecule has 0 bridgehead atoms. The Morgan fingerprint density at radius 3 is 2.89 bits per heavy atom. The molecular formula is C14H21N3O. The molecule has 18 heavy (non-hydrogen) atoms. The van der Waals surface area contributed by atoms with E-state index in [4.69, 9.17) is 0 Å². The van der Waals surface area contributed by atoms with E-state index in [1.54, 1.807) is 0 Å². The molecule has 1 aromatic heterocycles. The number of nitrogens with zero attached hydrogens (tertiary/aromatic N) is 3. The molecule has 1 aliphatic carbocycles. The van der Waals surface area contributed by atoms with E-state index in [1.807, 2.05) is 6.92 Å². The lowest BCUT2D eigenvalue weighted by molar-refractivity contribution is 0.238. The van der Waals surface area contributed by atoms with Crippen molar-refractivity contribution in [2.45, 2.75) is 39.0 Å². The van der Waals surface area contributed by atoms with Crippen LogP contribution in [0.15, 0.2) is 0 Å². The van der Waals surface area contributed by atoms with Crippen LogP contribution in [0.2, 0.25) is 0 Å². The van der Waals surface area contributed by atoms with Crippen LogP contribution in [0.25, 0.3) is 0 Å². The average molecular weight is 247 g/mol. The SMILES string of the molecule is Cc1nc2c(c(N3CCC(CO)C3)n1)CCCC2. The molecule has 1 N–H and O–H groups in total. The largest absolute Gasteiger partial charge is 0.396 e. The van der Waals surface area contributed by atoms with Crippen LogP contribution in [0.1, 0.15) is 36.3 Å². The average Bonchev–Trinajstić information content (AvgIpc) is 2.86. The monoisotopic (exact) mass is 247 g/mol. The molecular weight excluding hydrogens is 226 g/mol. The third-order valence-electron chi connectivity index (χ3n) is 4.12. The molecule has 0 spiro atoms. The van der Waals surface area contributed by atoms with Crippen molar-refractivity contribution in [3.63, 3.8) is 0 Å². The summed E-state index contributed by atoms with van der Waals surface area (Å²) in [5, 5.41) is 9.26. The van der Waals surface area contributed by atoms with Gasteiger partial charge in [-0.3, -0.25) is 0 Å². The fraction of sp³-hybridized carbons (Fsp3) is 0.714. The molecule has 1 unspecified atom stereocenters. The third kappa shape index (κ3) is 2.09. The Balaban J connectivity index is 1.93. The number of rotatable bonds is 2. The molecule has 1 atom stereocenters. The fourth-order valence-electron chi connectivity index (χ4n) is 3.13. The Morgan fingerprint density at radius 2 is 2.11 bits per heavy atom. The number of aliphatic hydroxyl groups excluding tert-OH is 1. The van der Waals surface area contributed by atoms with Crippen LogP contribution in [0.4, 0.5) is 5.82 Å². The quantitative estimate of drug-likeness (QED) is 0.860. The summed E-state index contributed by atoms with van der Waals surface area (Å²) in [7, 11) is 0. The van der Waals surface area contributed by atoms with Gasteiger partial charge in [0.15, 0.2) is 0 Å². The number of hydrogen-bond acceptors (Lipinski definition) is 4. The summed E-state index contributed by atoms with van der Waals surface area (Å²) in [5.41, 5.74) is 2.63. The van der Waals surface area contributed by atoms with Gasteiger partial charge in [-0.05, 0) is 39.0 Å². The van der Waals surface area contributed by atoms with Crippen LogP contribution in [-0.2, 0) is 12.8 Å². The molecule has 2 heterocycles. The lowest BCUT2D eigenvalue weighted by atomic mass is 9.96. The maximum atomic E-state index is 9.26. The lowest BCUT2D eigenvalue weighted by Gasteiger charge is -2.25. The predicted molar refractivity (Wildman–Crippen MR) is 70.8 cm³/mol. The van der Waals surface area contributed by atoms with Gasteiger partial charge >= 0.3 is 0 Å². The van der Waals surface area contributed by atoms with Gasteiger partial charge in [0.25, 0.3) is 0 Å². The zero-order chi connectivity index (χ0) is 12.5. The molecule has 1 aliphatic heterocycles. The van der Waals surface area contributed by atoms with Crippen molar-refractivity contribution in [1.29, 1.82) is 0 Å². The maximum absolute atomic E-state index is 9.26. The van der Waals surface area contributed by atoms with E-state index in [9.17, 15) is 5.11 Å². The zero-order valence-electron chi connectivity index (χ0n) is 11.0. The number of aryl methyl sites for hydroxylation is 2. The zero-order valence-corrected chi connectivity index (χ0v) is 11.0. The summed E-state index contributed by atoms with van der Waals surface area (Å²) < 4.78 is 0. The van der Waals surface area contributed by atoms with E-state index in [0.717, 1.165) is 44.0 Å². The van der Waals surface area contributed by atoms with E-state index in [-0.39, 0.29) is 0 Å². The van der Waals surface area contributed by atoms with Crippen LogP contribution in [0, 0.1) is 12.8 Å². The summed E-state index contributed by atoms with van der Waals surface area (Å²) in [6.45, 7) is 4.24. The van der Waals surface area contributed by atoms with E-state index in [0.29, 0.717) is 12.5 Å². The first-order valence-corrected chi connectivity index (χ1v) is 7.00. The van der Waals surface area contributed by atoms with Crippen LogP contribution in [0.3, 0.4) is 0 Å². The van der Waals surface area contributed by atoms with Gasteiger partial charge in [-0.25, -0.2) is 9.97 Å². The van der Waals surface area contributed by atoms with Crippen molar-refractivity contribution in [2.24, 2.45) is 5.92 Å². The smallest absolute Gasteiger partial charge is 0.135 e. The number of fused-ring (bicyclic) bond motifs is 1. The molecule has 0 amide bonds. The summed E-state index contributed by atoms with van der Waals surface area (Å²) in [5.74, 6) is 2.45. The van der Waals surface area contributed by atoms with Crippen LogP contribution < -0.4 is 4.90 Å². The minimum Gasteiger partial charge on any atom is -0.396 e. The second kappa shape index (κ2) is 4.84. The maximum Gasteiger partial charge on any atom is 0.135 e. The Kier molecular flexibility index (Phi) is 3.20. The second-order valence-electron chi connectivity index (χ2n) is 5.51. The van der Waals surface area contributed by atoms with Gasteiger partial charge < -0.3 is 10.0 Å². The van der Waals surface area contributed by atoms with Gasteiger partial charge in [0.1, 0.15) is 11.6 Å². The molecule has 0 radical (unpaired) electrons. The Bertz CT molecular complexity index is 447. The van der Waals surface area contributed by atoms with E-state index >= 15 is 0 Å². The van der Waals surface area contributed by atoms with Crippen molar-refractivity contribution < 1.29 is 5.11 Å². The first-order chi connectivity index (χ1) is 8.78. The Hall–Kier alpha value is -1.16. The number of hydrogen-bond donors (Lipinski definition) is 1. The third-order valence-corrected chi connectivity index (χ3v) is 4.12. The normalized spacial score (nSPS) is 23.2. The van der Waals surface area contributed by atoms with Gasteiger partial charge in [-0.15, -0.1) is 0 Å². The molecule has 1 saturated heterocycles. The summed E-state index contributed by atoms with van der Waals surface area (Å²) in [6, 6.07) is 0. The summed E-state index contributed by atoms with van der Waals surface area (Å²) >= 11 is 0. The van der Waals surface area contributed by atoms with Gasteiger partial charge in [-0.2, -0.15) is 0 Å². The first-order valence-electron chi connectivity index (χ1n) is 7.00. The second-order valence-corrected chi connectivity index (χ2v) is 5.51. The molecule has 3 rings (SSSR count). The van der Waals surface area contributed by atoms with Crippen molar-refractivity contribution >= 4 is 5.82 Å². The number of aliphatic hydroxyl groups is 1. The van der Waals surface area contributed by atoms with Crippen LogP contribution in [-0.4, -0.2) is 34.8 Å². The van der Waals surface area contributed by atoms with E-state index < -0.39 is 0 Å². The molecule has 1 fully saturated rings. The summed E-state index contributed by atoms with van der Waals surface area (Å²) in [4.78, 5) is 11.6. The lowest BCUT2D eigenvalue weighted by Crippen LogP contribution is -2.25. The van der Waals surface area contributed by atoms with Crippen molar-refractivity contribution in [1.82, 2.24) is 9.97 Å². The minimum atomic E-state index is 0.294. The Labute approximate surface area is 108 Å². The van der Waals surface area contributed by atoms with Crippen LogP contribution >= 0.6 is 0 Å². The highest BCUT2D eigenvalue weighted by Gasteiger charge is 2.27. The highest BCUT2D eigenvalue weighted by atomic mass is 16.3. The number of anilines is 1. The molecule has 2 aliphatic rings. The van der Waals surface area contributed by atoms with Crippen molar-refractivity contribution in [3.05, 3.63) is 17.1 Å². The van der Waals surface area contributed by atoms with Crippen molar-refractivity contribution in [3.8, 4) is 0 Å². The minimum absolute atomic E-state index is 0.294. The molecule has 0 saturated carbocycles. The van der Waals surface area contributed by atoms with Gasteiger partial charge in [-0.1, -0.05) is 0 Å². The van der Waals surface area contributed by atoms with Gasteiger partial charge in [0.2, 0.25) is 0 Å². The van der Waals surface area contributed by atoms with Crippen molar-refractivity contribution in [2.75, 3.05) is 24.6 Å². The van der Waals surface area contributed by atoms with Gasteiger partial charge in [0.05, 0.1) is 0 Å². The number of aromatic nitrogens is 2. The molecule has 4 nitrogen and oxygen atoms in total. The highest BCUT2D eigenvalue weighted by Crippen LogP contribution is 2.31. The fourth-order valence-corrected chi connectivity index (χ4v) is 3.13. The molecule has 4 heteroatoms. The molecule has 1 aromatic rings. The van der Waals surface area contributed by atoms with E-state index in [1.165, 1.54) is 24.1 Å². The van der Waals surface area contributed by atoms with Crippen LogP contribution in [0.5, 0.6) is 0 Å². The summed E-state index contributed by atoms with van der Waals surface area (Å²) in [6.07, 6.45) is 5.80. The molecule has 98 valence electrons. The van der Waals surface area contributed by atoms with E-state index in [2.05, 4.69) is 14.9 Å². The Morgan fingerprint density at radius 1 is 1.28 bits per heavy atom. The standard InChI is InChI=1S/C14H21N3O/c1-10-15-13-5-3-2-4-12(13)14(16-10)17-7-6-11(8-17)9-18/h11,18H,2-9H2,1H3. The highest BCUT2D eigenvalue weighted by molar-refractivity contribution is 5.51.